The summed E-state index contributed by atoms with van der Waals surface area (Å²) in [7, 11) is 3.30. The topological polar surface area (TPSA) is 109 Å². The number of thiophene rings is 1. The molecular weight excluding hydrogens is 643 g/mol. The summed E-state index contributed by atoms with van der Waals surface area (Å²) in [6.07, 6.45) is 11.6. The average molecular weight is 692 g/mol. The minimum atomic E-state index is -0.864. The van der Waals surface area contributed by atoms with Crippen molar-refractivity contribution in [3.63, 3.8) is 0 Å². The van der Waals surface area contributed by atoms with Crippen LogP contribution < -0.4 is 11.1 Å². The van der Waals surface area contributed by atoms with Gasteiger partial charge in [-0.15, -0.1) is 17.9 Å². The lowest BCUT2D eigenvalue weighted by molar-refractivity contribution is -0.146. The maximum Gasteiger partial charge on any atom is 0.246 e. The fourth-order valence-electron chi connectivity index (χ4n) is 5.81. The van der Waals surface area contributed by atoms with Crippen molar-refractivity contribution >= 4 is 29.1 Å². The largest absolute Gasteiger partial charge is 0.354 e. The highest BCUT2D eigenvalue weighted by atomic mass is 32.1. The summed E-state index contributed by atoms with van der Waals surface area (Å²) in [5.41, 5.74) is 10.1. The van der Waals surface area contributed by atoms with Gasteiger partial charge in [0.1, 0.15) is 12.1 Å². The van der Waals surface area contributed by atoms with Crippen molar-refractivity contribution in [2.24, 2.45) is 5.73 Å². The molecule has 0 radical (unpaired) electrons. The van der Waals surface area contributed by atoms with E-state index in [0.29, 0.717) is 32.2 Å². The number of nitrogens with zero attached hydrogens (tertiary/aromatic N) is 3. The first-order valence-electron chi connectivity index (χ1n) is 17.1. The summed E-state index contributed by atoms with van der Waals surface area (Å²) < 4.78 is 0. The van der Waals surface area contributed by atoms with E-state index >= 15 is 0 Å². The van der Waals surface area contributed by atoms with Gasteiger partial charge < -0.3 is 20.9 Å². The fourth-order valence-corrected chi connectivity index (χ4v) is 6.56. The van der Waals surface area contributed by atoms with Crippen LogP contribution in [0.25, 0.3) is 11.1 Å². The molecule has 0 aliphatic carbocycles. The van der Waals surface area contributed by atoms with Crippen LogP contribution in [0.15, 0.2) is 121 Å². The van der Waals surface area contributed by atoms with Crippen molar-refractivity contribution in [2.45, 2.75) is 63.1 Å². The lowest BCUT2D eigenvalue weighted by atomic mass is 9.89. The Morgan fingerprint density at radius 3 is 2.22 bits per heavy atom. The van der Waals surface area contributed by atoms with Crippen LogP contribution in [0.2, 0.25) is 0 Å². The number of hydrogen-bond acceptors (Lipinski definition) is 6. The molecule has 1 unspecified atom stereocenters. The van der Waals surface area contributed by atoms with E-state index in [-0.39, 0.29) is 24.1 Å². The zero-order chi connectivity index (χ0) is 35.9. The maximum absolute atomic E-state index is 14.5. The summed E-state index contributed by atoms with van der Waals surface area (Å²) in [6.45, 7) is 6.24. The van der Waals surface area contributed by atoms with Crippen LogP contribution >= 0.6 is 11.3 Å². The number of nitrogens with one attached hydrogen (secondary N) is 1. The molecule has 262 valence electrons. The molecule has 3 amide bonds. The highest BCUT2D eigenvalue weighted by Gasteiger charge is 2.35. The Labute approximate surface area is 300 Å². The number of hydrogen-bond donors (Lipinski definition) is 2. The minimum absolute atomic E-state index is 0.246. The Balaban J connectivity index is 1.58. The van der Waals surface area contributed by atoms with Gasteiger partial charge in [-0.05, 0) is 77.6 Å². The van der Waals surface area contributed by atoms with Gasteiger partial charge in [0, 0.05) is 56.3 Å². The molecule has 4 rings (SSSR count). The van der Waals surface area contributed by atoms with Crippen LogP contribution in [0.4, 0.5) is 0 Å². The second-order valence-electron chi connectivity index (χ2n) is 12.7. The van der Waals surface area contributed by atoms with Gasteiger partial charge >= 0.3 is 0 Å². The van der Waals surface area contributed by atoms with E-state index in [1.807, 2.05) is 79.0 Å². The highest BCUT2D eigenvalue weighted by Crippen LogP contribution is 2.23. The molecule has 0 saturated carbocycles. The molecule has 0 aliphatic rings. The molecule has 9 heteroatoms. The van der Waals surface area contributed by atoms with Crippen molar-refractivity contribution in [1.29, 1.82) is 0 Å². The van der Waals surface area contributed by atoms with Gasteiger partial charge in [-0.2, -0.15) is 0 Å². The van der Waals surface area contributed by atoms with E-state index in [0.717, 1.165) is 33.6 Å². The predicted octanol–water partition coefficient (Wildman–Crippen LogP) is 6.24. The van der Waals surface area contributed by atoms with E-state index in [1.165, 1.54) is 15.9 Å². The molecule has 3 atom stereocenters. The molecule has 50 heavy (non-hydrogen) atoms. The van der Waals surface area contributed by atoms with Gasteiger partial charge in [0.15, 0.2) is 0 Å². The number of nitrogens with two attached hydrogens (primary N) is 1. The van der Waals surface area contributed by atoms with Crippen molar-refractivity contribution < 1.29 is 14.4 Å². The van der Waals surface area contributed by atoms with E-state index in [4.69, 9.17) is 5.73 Å². The number of pyridine rings is 1. The molecule has 4 aromatic rings. The monoisotopic (exact) mass is 691 g/mol. The summed E-state index contributed by atoms with van der Waals surface area (Å²) in [5, 5.41) is 5.00. The second kappa shape index (κ2) is 18.8. The Hall–Kier alpha value is -4.86. The molecular formula is C41H49N5O3S. The maximum atomic E-state index is 14.5. The zero-order valence-electron chi connectivity index (χ0n) is 29.3. The molecule has 2 heterocycles. The summed E-state index contributed by atoms with van der Waals surface area (Å²) >= 11 is 1.54. The molecule has 8 nitrogen and oxygen atoms in total. The molecule has 0 spiro atoms. The molecule has 2 aromatic heterocycles. The third-order valence-corrected chi connectivity index (χ3v) is 10.1. The quantitative estimate of drug-likeness (QED) is 0.0950. The van der Waals surface area contributed by atoms with Crippen LogP contribution in [0.5, 0.6) is 0 Å². The summed E-state index contributed by atoms with van der Waals surface area (Å²) in [6, 6.07) is 24.2. The van der Waals surface area contributed by atoms with Gasteiger partial charge in [0.2, 0.25) is 17.7 Å². The molecule has 0 saturated heterocycles. The standard InChI is InChI=1S/C41H49N5O3S/c1-5-23-41(42,6-2)24-10-15-38(47)45(3)37(29-32-16-18-34(19-17-32)33-12-8-7-9-13-33)40(49)46(4)36(30-35-14-11-28-50-35)39(48)44-27-22-31-20-25-43-26-21-31/h5,7-21,25-26,28,36-37H,1,6,22-24,27,29-30,42H2,2-4H3,(H,44,48)/b15-10+/t36-,37-,41?/m1/s1. The number of aromatic nitrogens is 1. The van der Waals surface area contributed by atoms with Crippen LogP contribution in [-0.2, 0) is 33.6 Å². The van der Waals surface area contributed by atoms with Crippen molar-refractivity contribution in [2.75, 3.05) is 20.6 Å². The minimum Gasteiger partial charge on any atom is -0.354 e. The Morgan fingerprint density at radius 1 is 0.880 bits per heavy atom. The van der Waals surface area contributed by atoms with E-state index < -0.39 is 17.6 Å². The van der Waals surface area contributed by atoms with Gasteiger partial charge in [0.25, 0.3) is 0 Å². The van der Waals surface area contributed by atoms with Crippen LogP contribution in [0, 0.1) is 0 Å². The SMILES string of the molecule is C=CCC(N)(CC)C/C=C/C(=O)N(C)[C@H](Cc1ccc(-c2ccccc2)cc1)C(=O)N(C)[C@H](Cc1cccs1)C(=O)NCCc1ccncc1. The first-order chi connectivity index (χ1) is 24.1. The number of carbonyl (C=O) groups is 3. The normalized spacial score (nSPS) is 13.6. The molecule has 0 aliphatic heterocycles. The lowest BCUT2D eigenvalue weighted by Gasteiger charge is -2.34. The number of carbonyl (C=O) groups excluding carboxylic acids is 3. The van der Waals surface area contributed by atoms with Crippen molar-refractivity contribution in [1.82, 2.24) is 20.1 Å². The van der Waals surface area contributed by atoms with Gasteiger partial charge in [0.05, 0.1) is 0 Å². The van der Waals surface area contributed by atoms with Crippen molar-refractivity contribution in [3.05, 3.63) is 137 Å². The molecule has 0 bridgehead atoms. The third kappa shape index (κ3) is 10.8. The number of amides is 3. The Morgan fingerprint density at radius 2 is 1.58 bits per heavy atom. The van der Waals surface area contributed by atoms with Crippen LogP contribution in [-0.4, -0.2) is 70.8 Å². The lowest BCUT2D eigenvalue weighted by Crippen LogP contribution is -2.56. The van der Waals surface area contributed by atoms with Crippen LogP contribution in [0.3, 0.4) is 0 Å². The number of benzene rings is 2. The molecule has 0 fully saturated rings. The van der Waals surface area contributed by atoms with Gasteiger partial charge in [-0.25, -0.2) is 0 Å². The molecule has 3 N–H and O–H groups in total. The van der Waals surface area contributed by atoms with Crippen molar-refractivity contribution in [3.8, 4) is 11.1 Å². The fraction of sp³-hybridized carbons (Fsp3) is 0.317. The Kier molecular flexibility index (Phi) is 14.3. The summed E-state index contributed by atoms with van der Waals surface area (Å²) in [5.74, 6) is -0.879. The third-order valence-electron chi connectivity index (χ3n) is 9.18. The average Bonchev–Trinajstić information content (AvgIpc) is 3.66. The molecule has 2 aromatic carbocycles. The summed E-state index contributed by atoms with van der Waals surface area (Å²) in [4.78, 5) is 49.9. The zero-order valence-corrected chi connectivity index (χ0v) is 30.1. The smallest absolute Gasteiger partial charge is 0.246 e. The second-order valence-corrected chi connectivity index (χ2v) is 13.7. The van der Waals surface area contributed by atoms with Crippen LogP contribution in [0.1, 0.15) is 42.2 Å². The first-order valence-corrected chi connectivity index (χ1v) is 17.9. The van der Waals surface area contributed by atoms with E-state index in [1.54, 1.807) is 50.0 Å². The van der Waals surface area contributed by atoms with Gasteiger partial charge in [-0.3, -0.25) is 19.4 Å². The van der Waals surface area contributed by atoms with E-state index in [2.05, 4.69) is 29.0 Å². The number of likely N-dealkylation sites (N-methyl/N-ethyl adjacent to an activating group) is 2. The highest BCUT2D eigenvalue weighted by molar-refractivity contribution is 7.09. The number of rotatable bonds is 18. The van der Waals surface area contributed by atoms with Gasteiger partial charge in [-0.1, -0.05) is 79.7 Å². The van der Waals surface area contributed by atoms with E-state index in [9.17, 15) is 14.4 Å². The predicted molar refractivity (Wildman–Crippen MR) is 203 cm³/mol. The first kappa shape index (κ1) is 38.0. The Bertz CT molecular complexity index is 1690.